The molecule has 1 atom stereocenters. The molecule has 0 bridgehead atoms. The van der Waals surface area contributed by atoms with Crippen LogP contribution in [0, 0.1) is 0 Å². The maximum atomic E-state index is 10.1. The van der Waals surface area contributed by atoms with E-state index in [2.05, 4.69) is 11.5 Å². The van der Waals surface area contributed by atoms with Crippen molar-refractivity contribution >= 4 is 11.9 Å². The zero-order valence-electron chi connectivity index (χ0n) is 4.63. The predicted octanol–water partition coefficient (Wildman–Crippen LogP) is -2.58. The molecule has 0 radical (unpaired) electrons. The van der Waals surface area contributed by atoms with Crippen LogP contribution in [0.4, 0.5) is 4.79 Å². The number of rotatable bonds is 2. The van der Waals surface area contributed by atoms with Crippen molar-refractivity contribution in [1.82, 2.24) is 5.32 Å². The first-order valence-corrected chi connectivity index (χ1v) is 2.15. The molecule has 0 heterocycles. The van der Waals surface area contributed by atoms with Crippen molar-refractivity contribution in [2.45, 2.75) is 6.17 Å². The minimum atomic E-state index is -1.19. The van der Waals surface area contributed by atoms with Crippen molar-refractivity contribution < 1.29 is 9.59 Å². The summed E-state index contributed by atoms with van der Waals surface area (Å²) in [5.74, 6) is -0.825. The molecule has 0 aromatic heterocycles. The fourth-order valence-corrected chi connectivity index (χ4v) is 0.224. The summed E-state index contributed by atoms with van der Waals surface area (Å²) < 4.78 is 0. The number of urea groups is 1. The van der Waals surface area contributed by atoms with Gasteiger partial charge in [-0.25, -0.2) is 4.79 Å². The molecular weight excluding hydrogens is 124 g/mol. The molecule has 0 spiro atoms. The third-order valence-electron chi connectivity index (χ3n) is 0.604. The molecule has 0 aliphatic rings. The molecule has 0 rings (SSSR count). The Labute approximate surface area is 51.4 Å². The molecule has 1 unspecified atom stereocenters. The van der Waals surface area contributed by atoms with Crippen LogP contribution >= 0.6 is 0 Å². The maximum Gasteiger partial charge on any atom is 0.313 e. The summed E-state index contributed by atoms with van der Waals surface area (Å²) in [5.41, 5.74) is 14.2. The lowest BCUT2D eigenvalue weighted by Crippen LogP contribution is -2.52. The van der Waals surface area contributed by atoms with Crippen LogP contribution < -0.4 is 22.5 Å². The van der Waals surface area contributed by atoms with Gasteiger partial charge in [-0.3, -0.25) is 4.79 Å². The molecule has 0 fully saturated rings. The lowest BCUT2D eigenvalue weighted by molar-refractivity contribution is -0.119. The van der Waals surface area contributed by atoms with E-state index >= 15 is 0 Å². The third kappa shape index (κ3) is 3.30. The van der Waals surface area contributed by atoms with Crippen molar-refractivity contribution in [3.8, 4) is 0 Å². The van der Waals surface area contributed by atoms with Gasteiger partial charge >= 0.3 is 6.03 Å². The summed E-state index contributed by atoms with van der Waals surface area (Å²) in [4.78, 5) is 20.0. The third-order valence-corrected chi connectivity index (χ3v) is 0.604. The van der Waals surface area contributed by atoms with E-state index in [1.165, 1.54) is 0 Å². The van der Waals surface area contributed by atoms with Gasteiger partial charge in [0.1, 0.15) is 0 Å². The van der Waals surface area contributed by atoms with Crippen LogP contribution in [0.15, 0.2) is 0 Å². The van der Waals surface area contributed by atoms with Gasteiger partial charge in [0.25, 0.3) is 5.91 Å². The number of hydrogen-bond donors (Lipinski definition) is 4. The van der Waals surface area contributed by atoms with Gasteiger partial charge in [-0.1, -0.05) is 0 Å². The zero-order valence-corrected chi connectivity index (χ0v) is 4.63. The largest absolute Gasteiger partial charge is 0.367 e. The van der Waals surface area contributed by atoms with E-state index in [0.29, 0.717) is 0 Å². The van der Waals surface area contributed by atoms with Gasteiger partial charge in [0.15, 0.2) is 6.17 Å². The Balaban J connectivity index is 3.63. The van der Waals surface area contributed by atoms with Crippen molar-refractivity contribution in [3.63, 3.8) is 0 Å². The lowest BCUT2D eigenvalue weighted by Gasteiger charge is -2.05. The Kier molecular flexibility index (Phi) is 2.46. The van der Waals surface area contributed by atoms with Gasteiger partial charge in [-0.05, 0) is 0 Å². The molecule has 0 aliphatic heterocycles. The van der Waals surface area contributed by atoms with E-state index in [1.54, 1.807) is 0 Å². The second-order valence-electron chi connectivity index (χ2n) is 1.39. The van der Waals surface area contributed by atoms with Crippen LogP contribution in [-0.4, -0.2) is 18.1 Å². The number of hydrogen-bond acceptors (Lipinski definition) is 3. The van der Waals surface area contributed by atoms with Crippen LogP contribution in [-0.2, 0) is 4.79 Å². The predicted molar refractivity (Wildman–Crippen MR) is 29.9 cm³/mol. The van der Waals surface area contributed by atoms with Crippen LogP contribution in [0.3, 0.4) is 0 Å². The van der Waals surface area contributed by atoms with Crippen LogP contribution in [0.25, 0.3) is 0 Å². The van der Waals surface area contributed by atoms with Crippen molar-refractivity contribution in [3.05, 3.63) is 0 Å². The van der Waals surface area contributed by atoms with Gasteiger partial charge in [0.05, 0.1) is 0 Å². The average Bonchev–Trinajstić information content (AvgIpc) is 1.63. The molecule has 7 N–H and O–H groups in total. The highest BCUT2D eigenvalue weighted by Gasteiger charge is 2.08. The second-order valence-corrected chi connectivity index (χ2v) is 1.39. The Morgan fingerprint density at radius 3 is 1.89 bits per heavy atom. The normalized spacial score (nSPS) is 12.1. The van der Waals surface area contributed by atoms with Crippen LogP contribution in [0.5, 0.6) is 0 Å². The van der Waals surface area contributed by atoms with Crippen LogP contribution in [0.1, 0.15) is 0 Å². The second kappa shape index (κ2) is 2.88. The molecular formula is C3H8N4O2. The van der Waals surface area contributed by atoms with E-state index in [9.17, 15) is 9.59 Å². The topological polar surface area (TPSA) is 124 Å². The van der Waals surface area contributed by atoms with E-state index in [0.717, 1.165) is 0 Å². The van der Waals surface area contributed by atoms with Crippen molar-refractivity contribution in [1.29, 1.82) is 0 Å². The number of primary amides is 2. The number of nitrogens with two attached hydrogens (primary N) is 3. The molecule has 0 saturated carbocycles. The SMILES string of the molecule is NC(=O)NC(N)C(N)=O. The average molecular weight is 132 g/mol. The van der Waals surface area contributed by atoms with E-state index in [1.807, 2.05) is 5.32 Å². The minimum absolute atomic E-state index is 0.825. The smallest absolute Gasteiger partial charge is 0.313 e. The molecule has 9 heavy (non-hydrogen) atoms. The maximum absolute atomic E-state index is 10.1. The monoisotopic (exact) mass is 132 g/mol. The molecule has 0 saturated heterocycles. The standard InChI is InChI=1S/C3H8N4O2/c4-1(2(5)8)7-3(6)9/h1H,4H2,(H2,5,8)(H3,6,7,9). The lowest BCUT2D eigenvalue weighted by atomic mass is 10.5. The molecule has 0 aromatic rings. The fourth-order valence-electron chi connectivity index (χ4n) is 0.224. The summed E-state index contributed by atoms with van der Waals surface area (Å²) in [6, 6.07) is -0.874. The van der Waals surface area contributed by atoms with Gasteiger partial charge < -0.3 is 22.5 Å². The molecule has 0 aliphatic carbocycles. The summed E-state index contributed by atoms with van der Waals surface area (Å²) in [7, 11) is 0. The quantitative estimate of drug-likeness (QED) is 0.308. The first-order valence-electron chi connectivity index (χ1n) is 2.15. The van der Waals surface area contributed by atoms with Crippen molar-refractivity contribution in [2.75, 3.05) is 0 Å². The van der Waals surface area contributed by atoms with E-state index in [-0.39, 0.29) is 0 Å². The molecule has 6 heteroatoms. The van der Waals surface area contributed by atoms with Gasteiger partial charge in [-0.15, -0.1) is 0 Å². The summed E-state index contributed by atoms with van der Waals surface area (Å²) in [6.45, 7) is 0. The molecule has 3 amide bonds. The summed E-state index contributed by atoms with van der Waals surface area (Å²) >= 11 is 0. The number of carbonyl (C=O) groups is 2. The Bertz CT molecular complexity index is 134. The summed E-state index contributed by atoms with van der Waals surface area (Å²) in [5, 5.41) is 1.88. The highest BCUT2D eigenvalue weighted by molar-refractivity contribution is 5.84. The fraction of sp³-hybridized carbons (Fsp3) is 0.333. The Morgan fingerprint density at radius 1 is 1.33 bits per heavy atom. The highest BCUT2D eigenvalue weighted by Crippen LogP contribution is 1.65. The number of nitrogens with one attached hydrogen (secondary N) is 1. The Hall–Kier alpha value is -1.30. The minimum Gasteiger partial charge on any atom is -0.367 e. The van der Waals surface area contributed by atoms with Gasteiger partial charge in [0, 0.05) is 0 Å². The van der Waals surface area contributed by atoms with Gasteiger partial charge in [0.2, 0.25) is 0 Å². The summed E-state index contributed by atoms with van der Waals surface area (Å²) in [6.07, 6.45) is -1.19. The highest BCUT2D eigenvalue weighted by atomic mass is 16.2. The van der Waals surface area contributed by atoms with E-state index < -0.39 is 18.1 Å². The zero-order chi connectivity index (χ0) is 7.44. The van der Waals surface area contributed by atoms with E-state index in [4.69, 9.17) is 5.73 Å². The van der Waals surface area contributed by atoms with Gasteiger partial charge in [-0.2, -0.15) is 0 Å². The molecule has 52 valence electrons. The molecule has 6 nitrogen and oxygen atoms in total. The Morgan fingerprint density at radius 2 is 1.78 bits per heavy atom. The number of amides is 3. The first-order chi connectivity index (χ1) is 4.04. The van der Waals surface area contributed by atoms with Crippen molar-refractivity contribution in [2.24, 2.45) is 17.2 Å². The molecule has 0 aromatic carbocycles. The number of carbonyl (C=O) groups excluding carboxylic acids is 2. The first kappa shape index (κ1) is 7.70. The van der Waals surface area contributed by atoms with Crippen LogP contribution in [0.2, 0.25) is 0 Å².